The van der Waals surface area contributed by atoms with Crippen molar-refractivity contribution in [2.45, 2.75) is 30.6 Å². The number of nitrogen functional groups attached to an aromatic ring is 1. The molecule has 13 nitrogen and oxygen atoms in total. The SMILES string of the molecule is CN(C)c1ccc(C(c2ccc(N(C)C)cc2)c2cc(O)cc(O)c2)cc1.CN(C)c1ccc(C(c2ccc(N(C)C)cc2)c2cccc(N)c2)cc1.CN(C)c1cccc(C(c2cccc(O)c2)c2cccc(N(C)C)c2)c1.CSOOc1ccc(C(c2ccc(C)cc2)c2cccc(O)c2)cc1. The first kappa shape index (κ1) is 76.7. The number of phenols is 4. The Labute approximate surface area is 620 Å². The van der Waals surface area contributed by atoms with Crippen molar-refractivity contribution in [3.05, 3.63) is 357 Å². The predicted octanol–water partition coefficient (Wildman–Crippen LogP) is 19.2. The van der Waals surface area contributed by atoms with E-state index in [0.29, 0.717) is 11.5 Å². The molecule has 12 aromatic carbocycles. The number of benzene rings is 12. The highest BCUT2D eigenvalue weighted by Gasteiger charge is 2.23. The maximum Gasteiger partial charge on any atom is 0.166 e. The van der Waals surface area contributed by atoms with Crippen molar-refractivity contribution in [1.29, 1.82) is 0 Å². The first-order valence-electron chi connectivity index (χ1n) is 34.6. The van der Waals surface area contributed by atoms with Gasteiger partial charge in [0.1, 0.15) is 23.0 Å². The van der Waals surface area contributed by atoms with Gasteiger partial charge in [-0.1, -0.05) is 151 Å². The number of nitrogens with two attached hydrogens (primary N) is 1. The third-order valence-electron chi connectivity index (χ3n) is 18.1. The highest BCUT2D eigenvalue weighted by atomic mass is 32.2. The lowest BCUT2D eigenvalue weighted by Crippen LogP contribution is -2.11. The van der Waals surface area contributed by atoms with Crippen LogP contribution < -0.4 is 40.0 Å². The Hall–Kier alpha value is -11.5. The van der Waals surface area contributed by atoms with E-state index in [9.17, 15) is 20.4 Å². The zero-order valence-electron chi connectivity index (χ0n) is 62.2. The van der Waals surface area contributed by atoms with E-state index in [1.807, 2.05) is 94.9 Å². The quantitative estimate of drug-likeness (QED) is 0.0153. The van der Waals surface area contributed by atoms with Crippen molar-refractivity contribution in [2.75, 3.05) is 126 Å². The Morgan fingerprint density at radius 3 is 0.856 bits per heavy atom. The van der Waals surface area contributed by atoms with Crippen LogP contribution in [-0.2, 0) is 4.33 Å². The fourth-order valence-corrected chi connectivity index (χ4v) is 12.8. The van der Waals surface area contributed by atoms with Crippen LogP contribution in [0.1, 0.15) is 96.0 Å². The summed E-state index contributed by atoms with van der Waals surface area (Å²) >= 11 is 1.15. The minimum Gasteiger partial charge on any atom is -0.508 e. The van der Waals surface area contributed by atoms with Crippen molar-refractivity contribution < 1.29 is 29.6 Å². The van der Waals surface area contributed by atoms with Crippen molar-refractivity contribution in [3.8, 4) is 28.7 Å². The Kier molecular flexibility index (Phi) is 26.9. The highest BCUT2D eigenvalue weighted by Crippen LogP contribution is 2.41. The molecule has 0 spiro atoms. The summed E-state index contributed by atoms with van der Waals surface area (Å²) in [6.45, 7) is 2.07. The monoisotopic (exact) mass is 1410 g/mol. The van der Waals surface area contributed by atoms with Gasteiger partial charge in [0, 0.05) is 172 Å². The molecule has 12 aromatic rings. The second kappa shape index (κ2) is 36.4. The molecule has 0 aromatic heterocycles. The van der Waals surface area contributed by atoms with E-state index in [-0.39, 0.29) is 40.9 Å². The molecule has 0 saturated heterocycles. The summed E-state index contributed by atoms with van der Waals surface area (Å²) in [6.07, 6.45) is 1.80. The van der Waals surface area contributed by atoms with Gasteiger partial charge in [0.2, 0.25) is 0 Å². The molecule has 6 N–H and O–H groups in total. The third kappa shape index (κ3) is 20.9. The van der Waals surface area contributed by atoms with Crippen molar-refractivity contribution in [3.63, 3.8) is 0 Å². The molecular formula is C90H99N7O6S. The lowest BCUT2D eigenvalue weighted by Gasteiger charge is -2.23. The molecule has 0 fully saturated rings. The predicted molar refractivity (Wildman–Crippen MR) is 438 cm³/mol. The number of aromatic hydroxyl groups is 4. The van der Waals surface area contributed by atoms with Crippen molar-refractivity contribution in [1.82, 2.24) is 0 Å². The Balaban J connectivity index is 0.000000161. The van der Waals surface area contributed by atoms with E-state index in [1.54, 1.807) is 30.5 Å². The molecule has 536 valence electrons. The number of hydrogen-bond donors (Lipinski definition) is 5. The maximum atomic E-state index is 10.0. The molecule has 0 aliphatic carbocycles. The van der Waals surface area contributed by atoms with Gasteiger partial charge < -0.3 is 60.4 Å². The van der Waals surface area contributed by atoms with Crippen LogP contribution in [0.2, 0.25) is 0 Å². The van der Waals surface area contributed by atoms with Crippen LogP contribution in [0.5, 0.6) is 28.7 Å². The van der Waals surface area contributed by atoms with E-state index < -0.39 is 0 Å². The number of nitrogens with zero attached hydrogens (tertiary/aromatic N) is 6. The average Bonchev–Trinajstić information content (AvgIpc) is 0.813. The molecule has 0 heterocycles. The molecule has 0 amide bonds. The Morgan fingerprint density at radius 1 is 0.269 bits per heavy atom. The average molecular weight is 1410 g/mol. The smallest absolute Gasteiger partial charge is 0.166 e. The van der Waals surface area contributed by atoms with Gasteiger partial charge >= 0.3 is 0 Å². The fraction of sp³-hybridized carbons (Fsp3) is 0.200. The Bertz CT molecular complexity index is 4470. The van der Waals surface area contributed by atoms with Crippen LogP contribution in [0.25, 0.3) is 0 Å². The van der Waals surface area contributed by atoms with Gasteiger partial charge in [0.15, 0.2) is 5.75 Å². The van der Waals surface area contributed by atoms with Gasteiger partial charge in [-0.25, -0.2) is 0 Å². The molecule has 0 radical (unpaired) electrons. The van der Waals surface area contributed by atoms with Crippen LogP contribution in [0.3, 0.4) is 0 Å². The molecule has 104 heavy (non-hydrogen) atoms. The number of rotatable bonds is 21. The molecule has 12 rings (SSSR count). The number of phenolic OH excluding ortho intramolecular Hbond substituents is 4. The second-order valence-electron chi connectivity index (χ2n) is 27.1. The highest BCUT2D eigenvalue weighted by molar-refractivity contribution is 7.93. The molecule has 0 aliphatic heterocycles. The van der Waals surface area contributed by atoms with E-state index in [0.717, 1.165) is 73.9 Å². The van der Waals surface area contributed by atoms with Crippen LogP contribution in [0, 0.1) is 6.92 Å². The summed E-state index contributed by atoms with van der Waals surface area (Å²) in [5.74, 6) is 1.49. The zero-order chi connectivity index (χ0) is 74.6. The molecule has 14 heteroatoms. The summed E-state index contributed by atoms with van der Waals surface area (Å²) in [4.78, 5) is 17.7. The van der Waals surface area contributed by atoms with Crippen LogP contribution in [0.15, 0.2) is 285 Å². The minimum absolute atomic E-state index is 0.0308. The van der Waals surface area contributed by atoms with Crippen molar-refractivity contribution >= 4 is 51.9 Å². The Morgan fingerprint density at radius 2 is 0.538 bits per heavy atom. The summed E-state index contributed by atoms with van der Waals surface area (Å²) < 4.78 is 4.90. The molecule has 0 saturated carbocycles. The van der Waals surface area contributed by atoms with Gasteiger partial charge in [-0.05, 0) is 207 Å². The first-order valence-corrected chi connectivity index (χ1v) is 35.7. The van der Waals surface area contributed by atoms with E-state index >= 15 is 0 Å². The summed E-state index contributed by atoms with van der Waals surface area (Å²) in [5.41, 5.74) is 28.7. The minimum atomic E-state index is -0.0876. The topological polar surface area (TPSA) is 145 Å². The number of aryl methyl sites for hydroxylation is 1. The normalized spacial score (nSPS) is 11.1. The number of anilines is 7. The first-order chi connectivity index (χ1) is 49.9. The largest absolute Gasteiger partial charge is 0.508 e. The lowest BCUT2D eigenvalue weighted by atomic mass is 9.84. The van der Waals surface area contributed by atoms with Crippen LogP contribution in [0.4, 0.5) is 39.8 Å². The van der Waals surface area contributed by atoms with E-state index in [2.05, 4.69) is 281 Å². The molecular weight excluding hydrogens is 1310 g/mol. The van der Waals surface area contributed by atoms with Crippen molar-refractivity contribution in [2.24, 2.45) is 0 Å². The molecule has 1 atom stereocenters. The summed E-state index contributed by atoms with van der Waals surface area (Å²) in [6, 6.07) is 95.6. The van der Waals surface area contributed by atoms with Crippen LogP contribution in [-0.4, -0.2) is 111 Å². The third-order valence-corrected chi connectivity index (χ3v) is 18.3. The maximum absolute atomic E-state index is 10.0. The lowest BCUT2D eigenvalue weighted by molar-refractivity contribution is -0.0770. The van der Waals surface area contributed by atoms with Gasteiger partial charge in [0.05, 0.1) is 0 Å². The van der Waals surface area contributed by atoms with Crippen LogP contribution >= 0.6 is 12.0 Å². The molecule has 0 bridgehead atoms. The zero-order valence-corrected chi connectivity index (χ0v) is 63.0. The molecule has 1 unspecified atom stereocenters. The van der Waals surface area contributed by atoms with E-state index in [4.69, 9.17) is 15.0 Å². The fourth-order valence-electron chi connectivity index (χ4n) is 12.6. The number of hydrogen-bond acceptors (Lipinski definition) is 14. The van der Waals surface area contributed by atoms with Gasteiger partial charge in [0.25, 0.3) is 0 Å². The van der Waals surface area contributed by atoms with E-state index in [1.165, 1.54) is 56.4 Å². The van der Waals surface area contributed by atoms with Gasteiger partial charge in [-0.2, -0.15) is 0 Å². The van der Waals surface area contributed by atoms with Gasteiger partial charge in [-0.15, -0.1) is 4.33 Å². The summed E-state index contributed by atoms with van der Waals surface area (Å²) in [5, 5.41) is 39.9. The van der Waals surface area contributed by atoms with Gasteiger partial charge in [-0.3, -0.25) is 0 Å². The standard InChI is InChI=1S/C23H27N3.C23H26N2O2.C23H26N2O.C21H20O3S/c1-25(2)21-12-8-17(9-13-21)23(19-6-5-7-20(24)16-19)18-10-14-22(15-11-18)26(3)4;1-24(2)19-9-5-16(6-10-19)23(18-13-21(26)15-22(27)14-18)17-7-11-20(12-8-17)25(3)4;1-24(2)20-11-5-8-17(14-20)23(19-10-7-13-22(26)16-19)18-9-6-12-21(15-18)25(3)4;1-15-6-8-16(9-7-15)21(18-4-3-5-19(22)14-18)17-10-12-20(13-11-17)23-24-25-2/h5-16,23H,24H2,1-4H3;5-15,23,26-27H,1-4H3;5-16,23,26H,1-4H3;3-14,21-22H,1-2H3. The second-order valence-corrected chi connectivity index (χ2v) is 27.6. The summed E-state index contributed by atoms with van der Waals surface area (Å²) in [7, 11) is 24.5. The molecule has 0 aliphatic rings.